The number of allylic oxidation sites excluding steroid dienone is 1. The van der Waals surface area contributed by atoms with E-state index < -0.39 is 9.84 Å². The maximum atomic E-state index is 13.5. The Labute approximate surface area is 250 Å². The number of rotatable bonds is 13. The van der Waals surface area contributed by atoms with E-state index in [4.69, 9.17) is 14.2 Å². The van der Waals surface area contributed by atoms with E-state index in [9.17, 15) is 8.42 Å². The van der Waals surface area contributed by atoms with Gasteiger partial charge in [0.15, 0.2) is 9.84 Å². The molecule has 1 aromatic carbocycles. The molecule has 0 spiro atoms. The number of hydrogen-bond acceptors (Lipinski definition) is 5. The van der Waals surface area contributed by atoms with Gasteiger partial charge in [-0.2, -0.15) is 0 Å². The maximum absolute atomic E-state index is 13.5. The van der Waals surface area contributed by atoms with Crippen molar-refractivity contribution in [2.75, 3.05) is 5.75 Å². The van der Waals surface area contributed by atoms with Gasteiger partial charge in [-0.25, -0.2) is 8.42 Å². The highest BCUT2D eigenvalue weighted by Gasteiger charge is 2.51. The zero-order valence-electron chi connectivity index (χ0n) is 26.7. The zero-order chi connectivity index (χ0) is 29.9. The molecule has 5 nitrogen and oxygen atoms in total. The fraction of sp³-hybridized carbons (Fsp3) is 0.771. The van der Waals surface area contributed by atoms with E-state index in [-0.39, 0.29) is 59.6 Å². The van der Waals surface area contributed by atoms with Crippen molar-refractivity contribution in [3.8, 4) is 0 Å². The highest BCUT2D eigenvalue weighted by atomic mass is 32.2. The van der Waals surface area contributed by atoms with E-state index in [1.165, 1.54) is 5.57 Å². The molecule has 232 valence electrons. The molecule has 3 aliphatic rings. The third-order valence-corrected chi connectivity index (χ3v) is 12.6. The molecule has 3 aliphatic heterocycles. The summed E-state index contributed by atoms with van der Waals surface area (Å²) in [5, 5.41) is 0. The van der Waals surface area contributed by atoms with Crippen molar-refractivity contribution in [1.82, 2.24) is 0 Å². The molecule has 4 rings (SSSR count). The van der Waals surface area contributed by atoms with Gasteiger partial charge in [-0.05, 0) is 81.3 Å². The van der Waals surface area contributed by atoms with Crippen molar-refractivity contribution in [2.45, 2.75) is 141 Å². The van der Waals surface area contributed by atoms with E-state index in [0.717, 1.165) is 51.4 Å². The van der Waals surface area contributed by atoms with Crippen LogP contribution in [0.1, 0.15) is 99.8 Å². The van der Waals surface area contributed by atoms with Crippen molar-refractivity contribution in [1.29, 1.82) is 0 Å². The molecular formula is C35H56O5S. The number of sulfone groups is 1. The molecule has 3 saturated heterocycles. The van der Waals surface area contributed by atoms with Crippen LogP contribution in [0.3, 0.4) is 0 Å². The van der Waals surface area contributed by atoms with E-state index in [1.54, 1.807) is 24.3 Å². The van der Waals surface area contributed by atoms with Crippen molar-refractivity contribution in [3.05, 3.63) is 42.5 Å². The molecule has 0 radical (unpaired) electrons. The molecule has 0 aliphatic carbocycles. The minimum Gasteiger partial charge on any atom is -0.374 e. The fourth-order valence-corrected chi connectivity index (χ4v) is 9.56. The lowest BCUT2D eigenvalue weighted by Crippen LogP contribution is -2.48. The number of fused-ring (bicyclic) bond motifs is 1. The normalized spacial score (nSPS) is 36.0. The molecule has 0 aromatic heterocycles. The summed E-state index contributed by atoms with van der Waals surface area (Å²) in [6, 6.07) is 8.89. The lowest BCUT2D eigenvalue weighted by atomic mass is 9.79. The first-order valence-electron chi connectivity index (χ1n) is 16.3. The molecule has 6 heteroatoms. The Morgan fingerprint density at radius 2 is 1.66 bits per heavy atom. The van der Waals surface area contributed by atoms with E-state index in [0.29, 0.717) is 16.7 Å². The van der Waals surface area contributed by atoms with Gasteiger partial charge in [0.1, 0.15) is 0 Å². The van der Waals surface area contributed by atoms with Crippen LogP contribution in [0.15, 0.2) is 47.4 Å². The standard InChI is InChI=1S/C35H56O5S/c1-9-23(3)18-32-28(8)31(22-41(36,37)30-14-12-11-13-15-30)33(39-32)20-25(5)27(7)24(4)19-29-16-17-34-35(10-2,40-29)21-26(6)38-34/h11-15,23-26,28-29,31-34H,7,9-10,16-22H2,1-6,8H3/t23-,24-,25-,26+,28-,29?,31-,32-,33+,34+,35+/m1/s1. The summed E-state index contributed by atoms with van der Waals surface area (Å²) in [4.78, 5) is 0.407. The average Bonchev–Trinajstić information content (AvgIpc) is 3.43. The van der Waals surface area contributed by atoms with Crippen molar-refractivity contribution in [2.24, 2.45) is 29.6 Å². The summed E-state index contributed by atoms with van der Waals surface area (Å²) in [5.41, 5.74) is 1.09. The van der Waals surface area contributed by atoms with Crippen molar-refractivity contribution < 1.29 is 22.6 Å². The number of ether oxygens (including phenoxy) is 3. The van der Waals surface area contributed by atoms with Gasteiger partial charge >= 0.3 is 0 Å². The second kappa shape index (κ2) is 13.6. The van der Waals surface area contributed by atoms with E-state index in [1.807, 2.05) is 6.07 Å². The molecule has 1 aromatic rings. The second-order valence-electron chi connectivity index (χ2n) is 13.8. The summed E-state index contributed by atoms with van der Waals surface area (Å²) < 4.78 is 46.6. The van der Waals surface area contributed by atoms with E-state index >= 15 is 0 Å². The molecule has 0 bridgehead atoms. The molecule has 3 fully saturated rings. The van der Waals surface area contributed by atoms with Crippen molar-refractivity contribution in [3.63, 3.8) is 0 Å². The van der Waals surface area contributed by atoms with Crippen molar-refractivity contribution >= 4 is 9.84 Å². The highest BCUT2D eigenvalue weighted by Crippen LogP contribution is 2.46. The molecule has 0 N–H and O–H groups in total. The SMILES string of the molecule is C=C([C@H](C)CC1CC[C@@H]2O[C@@H](C)C[C@]2(CC)O1)[C@H](C)C[C@@H]1O[C@H](C[C@H](C)CC)[C@H](C)[C@H]1CS(=O)(=O)c1ccccc1. The molecule has 11 atom stereocenters. The fourth-order valence-electron chi connectivity index (χ4n) is 7.77. The predicted molar refractivity (Wildman–Crippen MR) is 167 cm³/mol. The van der Waals surface area contributed by atoms with Crippen LogP contribution in [-0.4, -0.2) is 50.3 Å². The van der Waals surface area contributed by atoms with Gasteiger partial charge in [0.25, 0.3) is 0 Å². The van der Waals surface area contributed by atoms with Crippen LogP contribution in [0.2, 0.25) is 0 Å². The zero-order valence-corrected chi connectivity index (χ0v) is 27.5. The average molecular weight is 589 g/mol. The quantitative estimate of drug-likeness (QED) is 0.218. The second-order valence-corrected chi connectivity index (χ2v) is 15.8. The van der Waals surface area contributed by atoms with Gasteiger partial charge in [0.2, 0.25) is 0 Å². The van der Waals surface area contributed by atoms with Crippen LogP contribution in [0, 0.1) is 29.6 Å². The highest BCUT2D eigenvalue weighted by molar-refractivity contribution is 7.91. The summed E-state index contributed by atoms with van der Waals surface area (Å²) in [6.07, 6.45) is 8.65. The van der Waals surface area contributed by atoms with Gasteiger partial charge in [0.05, 0.1) is 46.8 Å². The van der Waals surface area contributed by atoms with Crippen LogP contribution in [-0.2, 0) is 24.0 Å². The molecule has 3 heterocycles. The van der Waals surface area contributed by atoms with Gasteiger partial charge in [-0.1, -0.05) is 78.3 Å². The van der Waals surface area contributed by atoms with Gasteiger partial charge in [-0.3, -0.25) is 0 Å². The molecule has 41 heavy (non-hydrogen) atoms. The Morgan fingerprint density at radius 3 is 2.32 bits per heavy atom. The number of hydrogen-bond donors (Lipinski definition) is 0. The molecule has 1 unspecified atom stereocenters. The molecule has 0 saturated carbocycles. The van der Waals surface area contributed by atoms with Gasteiger partial charge in [-0.15, -0.1) is 0 Å². The minimum absolute atomic E-state index is 0.0350. The lowest BCUT2D eigenvalue weighted by Gasteiger charge is -2.42. The summed E-state index contributed by atoms with van der Waals surface area (Å²) in [7, 11) is -3.41. The molecular weight excluding hydrogens is 532 g/mol. The largest absolute Gasteiger partial charge is 0.374 e. The monoisotopic (exact) mass is 588 g/mol. The summed E-state index contributed by atoms with van der Waals surface area (Å²) in [6.45, 7) is 20.2. The lowest BCUT2D eigenvalue weighted by molar-refractivity contribution is -0.170. The smallest absolute Gasteiger partial charge is 0.178 e. The minimum atomic E-state index is -3.41. The van der Waals surface area contributed by atoms with Crippen LogP contribution >= 0.6 is 0 Å². The Morgan fingerprint density at radius 1 is 0.976 bits per heavy atom. The predicted octanol–water partition coefficient (Wildman–Crippen LogP) is 8.03. The number of benzene rings is 1. The van der Waals surface area contributed by atoms with Crippen LogP contribution < -0.4 is 0 Å². The topological polar surface area (TPSA) is 61.8 Å². The summed E-state index contributed by atoms with van der Waals surface area (Å²) in [5.74, 6) is 1.39. The van der Waals surface area contributed by atoms with E-state index in [2.05, 4.69) is 55.0 Å². The third kappa shape index (κ3) is 7.48. The van der Waals surface area contributed by atoms with Gasteiger partial charge < -0.3 is 14.2 Å². The third-order valence-electron chi connectivity index (χ3n) is 10.8. The first-order chi connectivity index (χ1) is 19.4. The van der Waals surface area contributed by atoms with Crippen LogP contribution in [0.5, 0.6) is 0 Å². The Balaban J connectivity index is 1.42. The first-order valence-corrected chi connectivity index (χ1v) is 18.0. The Hall–Kier alpha value is -1.21. The molecule has 0 amide bonds. The Bertz CT molecular complexity index is 1100. The first kappa shape index (κ1) is 32.7. The Kier molecular flexibility index (Phi) is 10.9. The maximum Gasteiger partial charge on any atom is 0.178 e. The van der Waals surface area contributed by atoms with Crippen LogP contribution in [0.25, 0.3) is 0 Å². The van der Waals surface area contributed by atoms with Gasteiger partial charge in [0, 0.05) is 12.3 Å². The van der Waals surface area contributed by atoms with Crippen LogP contribution in [0.4, 0.5) is 0 Å². The summed E-state index contributed by atoms with van der Waals surface area (Å²) >= 11 is 0.